The second-order valence-electron chi connectivity index (χ2n) is 7.13. The number of hydrogen-bond acceptors (Lipinski definition) is 4. The molecule has 0 bridgehead atoms. The molecule has 2 aromatic rings. The first kappa shape index (κ1) is 25.3. The quantitative estimate of drug-likeness (QED) is 0.135. The summed E-state index contributed by atoms with van der Waals surface area (Å²) in [5, 5.41) is 0. The zero-order chi connectivity index (χ0) is 23.8. The molecule has 0 radical (unpaired) electrons. The van der Waals surface area contributed by atoms with Crippen molar-refractivity contribution < 1.29 is 41.0 Å². The number of rotatable bonds is 10. The Hall–Kier alpha value is -2.97. The first-order valence-corrected chi connectivity index (χ1v) is 10.2. The van der Waals surface area contributed by atoms with Gasteiger partial charge in [0.15, 0.2) is 23.3 Å². The van der Waals surface area contributed by atoms with Crippen LogP contribution in [0.15, 0.2) is 24.3 Å². The largest absolute Gasteiger partial charge is 0.462 e. The maximum atomic E-state index is 14.0. The second-order valence-corrected chi connectivity index (χ2v) is 7.13. The topological polar surface area (TPSA) is 52.6 Å². The Kier molecular flexibility index (Phi) is 9.16. The predicted molar refractivity (Wildman–Crippen MR) is 106 cm³/mol. The number of carbonyl (C=O) groups is 2. The van der Waals surface area contributed by atoms with E-state index in [0.29, 0.717) is 6.42 Å². The monoisotopic (exact) mass is 458 g/mol. The molecule has 2 rings (SSSR count). The fourth-order valence-electron chi connectivity index (χ4n) is 3.05. The van der Waals surface area contributed by atoms with Crippen molar-refractivity contribution in [2.75, 3.05) is 6.61 Å². The van der Waals surface area contributed by atoms with Crippen molar-refractivity contribution in [2.45, 2.75) is 52.1 Å². The average molecular weight is 458 g/mol. The number of hydrogen-bond donors (Lipinski definition) is 0. The van der Waals surface area contributed by atoms with E-state index in [1.165, 1.54) is 24.3 Å². The van der Waals surface area contributed by atoms with Crippen molar-refractivity contribution in [2.24, 2.45) is 0 Å². The minimum atomic E-state index is -2.31. The first-order chi connectivity index (χ1) is 15.2. The number of halogens is 5. The molecule has 9 heteroatoms. The first-order valence-electron chi connectivity index (χ1n) is 10.2. The second kappa shape index (κ2) is 11.6. The van der Waals surface area contributed by atoms with Crippen molar-refractivity contribution in [1.29, 1.82) is 0 Å². The van der Waals surface area contributed by atoms with Crippen LogP contribution in [0.1, 0.15) is 78.3 Å². The smallest absolute Gasteiger partial charge is 0.339 e. The maximum Gasteiger partial charge on any atom is 0.339 e. The molecule has 0 saturated carbocycles. The standard InChI is InChI=1S/C23H23F5O4/c1-3-4-5-6-9-12-31-22(29)14-10-7-8-11-15(14)23(30)32-13(2)16-17(24)19(26)21(28)20(27)18(16)25/h7-8,10-11,13H,3-6,9,12H2,1-2H3. The van der Waals surface area contributed by atoms with E-state index >= 15 is 0 Å². The summed E-state index contributed by atoms with van der Waals surface area (Å²) in [6.45, 7) is 3.17. The lowest BCUT2D eigenvalue weighted by molar-refractivity contribution is 0.0307. The summed E-state index contributed by atoms with van der Waals surface area (Å²) < 4.78 is 78.2. The van der Waals surface area contributed by atoms with Gasteiger partial charge >= 0.3 is 11.9 Å². The van der Waals surface area contributed by atoms with Gasteiger partial charge in [-0.3, -0.25) is 0 Å². The molecule has 1 atom stereocenters. The van der Waals surface area contributed by atoms with E-state index in [9.17, 15) is 31.5 Å². The Morgan fingerprint density at radius 1 is 0.781 bits per heavy atom. The van der Waals surface area contributed by atoms with Crippen LogP contribution < -0.4 is 0 Å². The summed E-state index contributed by atoms with van der Waals surface area (Å²) in [5.74, 6) is -12.8. The fraction of sp³-hybridized carbons (Fsp3) is 0.391. The van der Waals surface area contributed by atoms with Crippen LogP contribution in [0.25, 0.3) is 0 Å². The lowest BCUT2D eigenvalue weighted by Gasteiger charge is -2.17. The zero-order valence-corrected chi connectivity index (χ0v) is 17.7. The van der Waals surface area contributed by atoms with Gasteiger partial charge in [-0.15, -0.1) is 0 Å². The Morgan fingerprint density at radius 3 is 1.84 bits per heavy atom. The molecule has 0 aliphatic carbocycles. The van der Waals surface area contributed by atoms with Gasteiger partial charge in [-0.05, 0) is 25.5 Å². The predicted octanol–water partition coefficient (Wildman–Crippen LogP) is 6.43. The highest BCUT2D eigenvalue weighted by Crippen LogP contribution is 2.30. The van der Waals surface area contributed by atoms with Crippen LogP contribution >= 0.6 is 0 Å². The summed E-state index contributed by atoms with van der Waals surface area (Å²) in [5.41, 5.74) is -1.70. The summed E-state index contributed by atoms with van der Waals surface area (Å²) in [7, 11) is 0. The molecular weight excluding hydrogens is 435 g/mol. The van der Waals surface area contributed by atoms with Crippen LogP contribution in [0.3, 0.4) is 0 Å². The van der Waals surface area contributed by atoms with E-state index < -0.39 is 52.7 Å². The SMILES string of the molecule is CCCCCCCOC(=O)c1ccccc1C(=O)OC(C)c1c(F)c(F)c(F)c(F)c1F. The van der Waals surface area contributed by atoms with Crippen LogP contribution in [-0.2, 0) is 9.47 Å². The third-order valence-electron chi connectivity index (χ3n) is 4.78. The van der Waals surface area contributed by atoms with Gasteiger partial charge in [0.1, 0.15) is 6.10 Å². The third-order valence-corrected chi connectivity index (χ3v) is 4.78. The van der Waals surface area contributed by atoms with Gasteiger partial charge in [0.2, 0.25) is 5.82 Å². The van der Waals surface area contributed by atoms with E-state index in [0.717, 1.165) is 32.6 Å². The third kappa shape index (κ3) is 5.83. The van der Waals surface area contributed by atoms with Crippen LogP contribution in [0.5, 0.6) is 0 Å². The van der Waals surface area contributed by atoms with Gasteiger partial charge < -0.3 is 9.47 Å². The van der Waals surface area contributed by atoms with Gasteiger partial charge in [0.05, 0.1) is 23.3 Å². The van der Waals surface area contributed by atoms with Gasteiger partial charge in [-0.25, -0.2) is 31.5 Å². The summed E-state index contributed by atoms with van der Waals surface area (Å²) in [4.78, 5) is 24.9. The molecule has 0 spiro atoms. The summed E-state index contributed by atoms with van der Waals surface area (Å²) in [6.07, 6.45) is 2.85. The van der Waals surface area contributed by atoms with Crippen molar-refractivity contribution in [3.05, 3.63) is 70.0 Å². The number of benzene rings is 2. The van der Waals surface area contributed by atoms with Crippen LogP contribution in [-0.4, -0.2) is 18.5 Å². The van der Waals surface area contributed by atoms with Crippen LogP contribution in [0.2, 0.25) is 0 Å². The molecule has 174 valence electrons. The molecule has 32 heavy (non-hydrogen) atoms. The minimum absolute atomic E-state index is 0.143. The summed E-state index contributed by atoms with van der Waals surface area (Å²) in [6, 6.07) is 5.42. The molecule has 4 nitrogen and oxygen atoms in total. The normalized spacial score (nSPS) is 11.8. The zero-order valence-electron chi connectivity index (χ0n) is 17.7. The van der Waals surface area contributed by atoms with Gasteiger partial charge in [0.25, 0.3) is 0 Å². The molecule has 0 aromatic heterocycles. The Morgan fingerprint density at radius 2 is 1.28 bits per heavy atom. The fourth-order valence-corrected chi connectivity index (χ4v) is 3.05. The van der Waals surface area contributed by atoms with Crippen molar-refractivity contribution in [3.8, 4) is 0 Å². The molecule has 0 heterocycles. The lowest BCUT2D eigenvalue weighted by Crippen LogP contribution is -2.18. The van der Waals surface area contributed by atoms with E-state index in [2.05, 4.69) is 6.92 Å². The molecule has 0 amide bonds. The molecule has 0 saturated heterocycles. The van der Waals surface area contributed by atoms with E-state index in [4.69, 9.17) is 9.47 Å². The number of ether oxygens (including phenoxy) is 2. The van der Waals surface area contributed by atoms with Crippen LogP contribution in [0.4, 0.5) is 22.0 Å². The summed E-state index contributed by atoms with van der Waals surface area (Å²) >= 11 is 0. The van der Waals surface area contributed by atoms with Gasteiger partial charge in [-0.1, -0.05) is 44.7 Å². The Labute approximate surface area is 182 Å². The Balaban J connectivity index is 2.14. The average Bonchev–Trinajstić information content (AvgIpc) is 2.78. The molecular formula is C23H23F5O4. The highest BCUT2D eigenvalue weighted by Gasteiger charge is 2.31. The molecule has 0 aliphatic rings. The van der Waals surface area contributed by atoms with E-state index in [-0.39, 0.29) is 17.7 Å². The highest BCUT2D eigenvalue weighted by atomic mass is 19.2. The Bertz CT molecular complexity index is 948. The number of carbonyl (C=O) groups excluding carboxylic acids is 2. The lowest BCUT2D eigenvalue weighted by atomic mass is 10.1. The molecule has 2 aromatic carbocycles. The van der Waals surface area contributed by atoms with E-state index in [1.807, 2.05) is 0 Å². The van der Waals surface area contributed by atoms with Crippen LogP contribution in [0, 0.1) is 29.1 Å². The van der Waals surface area contributed by atoms with Gasteiger partial charge in [-0.2, -0.15) is 0 Å². The molecule has 0 aliphatic heterocycles. The van der Waals surface area contributed by atoms with Crippen molar-refractivity contribution in [1.82, 2.24) is 0 Å². The van der Waals surface area contributed by atoms with E-state index in [1.54, 1.807) is 0 Å². The van der Waals surface area contributed by atoms with Crippen molar-refractivity contribution in [3.63, 3.8) is 0 Å². The minimum Gasteiger partial charge on any atom is -0.462 e. The maximum absolute atomic E-state index is 14.0. The van der Waals surface area contributed by atoms with Crippen molar-refractivity contribution >= 4 is 11.9 Å². The molecule has 0 fully saturated rings. The highest BCUT2D eigenvalue weighted by molar-refractivity contribution is 6.03. The number of esters is 2. The number of unbranched alkanes of at least 4 members (excludes halogenated alkanes) is 4. The van der Waals surface area contributed by atoms with Gasteiger partial charge in [0, 0.05) is 0 Å². The molecule has 0 N–H and O–H groups in total. The molecule has 1 unspecified atom stereocenters.